The summed E-state index contributed by atoms with van der Waals surface area (Å²) in [6.07, 6.45) is 1.80. The number of hydrogen-bond acceptors (Lipinski definition) is 3. The zero-order chi connectivity index (χ0) is 15.4. The SMILES string of the molecule is CCNC(c1cccc(I)c1)c1c(OC)cnn1C(C)C. The minimum Gasteiger partial charge on any atom is -0.493 e. The van der Waals surface area contributed by atoms with Gasteiger partial charge in [0.15, 0.2) is 5.75 Å². The predicted octanol–water partition coefficient (Wildman–Crippen LogP) is 3.78. The van der Waals surface area contributed by atoms with Crippen LogP contribution in [0.4, 0.5) is 0 Å². The molecular weight excluding hydrogens is 377 g/mol. The molecule has 2 rings (SSSR count). The second-order valence-corrected chi connectivity index (χ2v) is 6.43. The maximum atomic E-state index is 5.53. The van der Waals surface area contributed by atoms with Gasteiger partial charge in [0.25, 0.3) is 0 Å². The van der Waals surface area contributed by atoms with E-state index in [-0.39, 0.29) is 12.1 Å². The highest BCUT2D eigenvalue weighted by atomic mass is 127. The molecule has 1 atom stereocenters. The Kier molecular flexibility index (Phi) is 5.64. The number of rotatable bonds is 6. The minimum atomic E-state index is 0.0737. The number of nitrogens with zero attached hydrogens (tertiary/aromatic N) is 2. The first-order chi connectivity index (χ1) is 10.1. The number of halogens is 1. The molecule has 0 amide bonds. The van der Waals surface area contributed by atoms with Crippen LogP contribution in [0.3, 0.4) is 0 Å². The normalized spacial score (nSPS) is 12.7. The van der Waals surface area contributed by atoms with Crippen LogP contribution in [0.1, 0.15) is 44.1 Å². The fourth-order valence-electron chi connectivity index (χ4n) is 2.46. The van der Waals surface area contributed by atoms with E-state index in [9.17, 15) is 0 Å². The van der Waals surface area contributed by atoms with Gasteiger partial charge in [-0.25, -0.2) is 0 Å². The average Bonchev–Trinajstić information content (AvgIpc) is 2.88. The first-order valence-corrected chi connectivity index (χ1v) is 8.26. The van der Waals surface area contributed by atoms with Crippen molar-refractivity contribution >= 4 is 22.6 Å². The van der Waals surface area contributed by atoms with Crippen molar-refractivity contribution in [2.45, 2.75) is 32.9 Å². The van der Waals surface area contributed by atoms with E-state index in [1.807, 2.05) is 4.68 Å². The van der Waals surface area contributed by atoms with E-state index >= 15 is 0 Å². The number of methoxy groups -OCH3 is 1. The molecule has 0 aliphatic rings. The van der Waals surface area contributed by atoms with Crippen LogP contribution in [0, 0.1) is 3.57 Å². The average molecular weight is 399 g/mol. The van der Waals surface area contributed by atoms with Crippen molar-refractivity contribution in [3.63, 3.8) is 0 Å². The Labute approximate surface area is 140 Å². The second kappa shape index (κ2) is 7.26. The van der Waals surface area contributed by atoms with E-state index in [2.05, 4.69) is 78.0 Å². The molecule has 0 radical (unpaired) electrons. The van der Waals surface area contributed by atoms with Gasteiger partial charge >= 0.3 is 0 Å². The summed E-state index contributed by atoms with van der Waals surface area (Å²) < 4.78 is 8.79. The third kappa shape index (κ3) is 3.58. The fraction of sp³-hybridized carbons (Fsp3) is 0.438. The van der Waals surface area contributed by atoms with Crippen LogP contribution in [-0.4, -0.2) is 23.4 Å². The maximum Gasteiger partial charge on any atom is 0.161 e. The Morgan fingerprint density at radius 3 is 2.71 bits per heavy atom. The molecule has 0 saturated heterocycles. The summed E-state index contributed by atoms with van der Waals surface area (Å²) in [5, 5.41) is 8.04. The van der Waals surface area contributed by atoms with Gasteiger partial charge in [0.05, 0.1) is 19.3 Å². The van der Waals surface area contributed by atoms with Gasteiger partial charge in [-0.2, -0.15) is 5.10 Å². The van der Waals surface area contributed by atoms with Crippen LogP contribution >= 0.6 is 22.6 Å². The van der Waals surface area contributed by atoms with Crippen molar-refractivity contribution in [1.82, 2.24) is 15.1 Å². The molecule has 0 saturated carbocycles. The Balaban J connectivity index is 2.54. The lowest BCUT2D eigenvalue weighted by molar-refractivity contribution is 0.394. The third-order valence-corrected chi connectivity index (χ3v) is 4.04. The van der Waals surface area contributed by atoms with Crippen molar-refractivity contribution in [3.8, 4) is 5.75 Å². The van der Waals surface area contributed by atoms with Crippen LogP contribution in [0.2, 0.25) is 0 Å². The van der Waals surface area contributed by atoms with Gasteiger partial charge in [-0.05, 0) is 60.7 Å². The summed E-state index contributed by atoms with van der Waals surface area (Å²) in [5.74, 6) is 0.827. The van der Waals surface area contributed by atoms with Gasteiger partial charge in [0.2, 0.25) is 0 Å². The first-order valence-electron chi connectivity index (χ1n) is 7.18. The molecule has 1 N–H and O–H groups in total. The second-order valence-electron chi connectivity index (χ2n) is 5.18. The van der Waals surface area contributed by atoms with Crippen LogP contribution in [0.15, 0.2) is 30.5 Å². The summed E-state index contributed by atoms with van der Waals surface area (Å²) in [7, 11) is 1.70. The quantitative estimate of drug-likeness (QED) is 0.752. The number of ether oxygens (including phenoxy) is 1. The Morgan fingerprint density at radius 2 is 2.14 bits per heavy atom. The van der Waals surface area contributed by atoms with Crippen molar-refractivity contribution in [2.24, 2.45) is 0 Å². The molecule has 1 aromatic heterocycles. The zero-order valence-corrected chi connectivity index (χ0v) is 15.1. The summed E-state index contributed by atoms with van der Waals surface area (Å²) in [4.78, 5) is 0. The highest BCUT2D eigenvalue weighted by Gasteiger charge is 2.24. The molecular formula is C16H22IN3O. The van der Waals surface area contributed by atoms with E-state index in [1.54, 1.807) is 13.3 Å². The Hall–Kier alpha value is -1.08. The molecule has 21 heavy (non-hydrogen) atoms. The van der Waals surface area contributed by atoms with Crippen molar-refractivity contribution in [3.05, 3.63) is 45.3 Å². The lowest BCUT2D eigenvalue weighted by Crippen LogP contribution is -2.26. The molecule has 4 nitrogen and oxygen atoms in total. The molecule has 1 aromatic carbocycles. The van der Waals surface area contributed by atoms with Crippen LogP contribution < -0.4 is 10.1 Å². The molecule has 1 heterocycles. The van der Waals surface area contributed by atoms with Crippen molar-refractivity contribution in [2.75, 3.05) is 13.7 Å². The van der Waals surface area contributed by atoms with Gasteiger partial charge in [-0.3, -0.25) is 4.68 Å². The lowest BCUT2D eigenvalue weighted by atomic mass is 10.0. The van der Waals surface area contributed by atoms with Crippen LogP contribution in [0.5, 0.6) is 5.75 Å². The molecule has 0 aliphatic heterocycles. The van der Waals surface area contributed by atoms with Crippen molar-refractivity contribution in [1.29, 1.82) is 0 Å². The van der Waals surface area contributed by atoms with Gasteiger partial charge in [0, 0.05) is 9.61 Å². The highest BCUT2D eigenvalue weighted by Crippen LogP contribution is 2.32. The van der Waals surface area contributed by atoms with Gasteiger partial charge < -0.3 is 10.1 Å². The third-order valence-electron chi connectivity index (χ3n) is 3.37. The molecule has 1 unspecified atom stereocenters. The van der Waals surface area contributed by atoms with Crippen molar-refractivity contribution < 1.29 is 4.74 Å². The number of nitrogens with one attached hydrogen (secondary N) is 1. The van der Waals surface area contributed by atoms with E-state index in [0.29, 0.717) is 0 Å². The lowest BCUT2D eigenvalue weighted by Gasteiger charge is -2.23. The first kappa shape index (κ1) is 16.3. The predicted molar refractivity (Wildman–Crippen MR) is 93.8 cm³/mol. The minimum absolute atomic E-state index is 0.0737. The largest absolute Gasteiger partial charge is 0.493 e. The number of benzene rings is 1. The van der Waals surface area contributed by atoms with E-state index in [0.717, 1.165) is 18.0 Å². The standard InChI is InChI=1S/C16H22IN3O/c1-5-18-15(12-7-6-8-13(17)9-12)16-14(21-4)10-19-20(16)11(2)3/h6-11,15,18H,5H2,1-4H3. The summed E-state index contributed by atoms with van der Waals surface area (Å²) in [5.41, 5.74) is 2.31. The maximum absolute atomic E-state index is 5.53. The highest BCUT2D eigenvalue weighted by molar-refractivity contribution is 14.1. The smallest absolute Gasteiger partial charge is 0.161 e. The number of aromatic nitrogens is 2. The summed E-state index contributed by atoms with van der Waals surface area (Å²) in [6, 6.07) is 8.89. The van der Waals surface area contributed by atoms with Crippen LogP contribution in [0.25, 0.3) is 0 Å². The number of hydrogen-bond donors (Lipinski definition) is 1. The monoisotopic (exact) mass is 399 g/mol. The topological polar surface area (TPSA) is 39.1 Å². The fourth-order valence-corrected chi connectivity index (χ4v) is 3.03. The molecule has 0 aliphatic carbocycles. The van der Waals surface area contributed by atoms with E-state index in [1.165, 1.54) is 9.13 Å². The summed E-state index contributed by atoms with van der Waals surface area (Å²) >= 11 is 2.34. The molecule has 114 valence electrons. The van der Waals surface area contributed by atoms with E-state index < -0.39 is 0 Å². The van der Waals surface area contributed by atoms with Gasteiger partial charge in [0.1, 0.15) is 5.69 Å². The summed E-state index contributed by atoms with van der Waals surface area (Å²) in [6.45, 7) is 7.26. The van der Waals surface area contributed by atoms with Gasteiger partial charge in [-0.15, -0.1) is 0 Å². The van der Waals surface area contributed by atoms with E-state index in [4.69, 9.17) is 4.74 Å². The molecule has 5 heteroatoms. The zero-order valence-electron chi connectivity index (χ0n) is 12.9. The molecule has 0 spiro atoms. The molecule has 0 bridgehead atoms. The molecule has 2 aromatic rings. The molecule has 0 fully saturated rings. The Bertz CT molecular complexity index is 595. The Morgan fingerprint density at radius 1 is 1.38 bits per heavy atom. The van der Waals surface area contributed by atoms with Crippen LogP contribution in [-0.2, 0) is 0 Å². The van der Waals surface area contributed by atoms with Gasteiger partial charge in [-0.1, -0.05) is 19.1 Å².